The highest BCUT2D eigenvalue weighted by Crippen LogP contribution is 2.32. The van der Waals surface area contributed by atoms with Crippen LogP contribution in [0.2, 0.25) is 0 Å². The summed E-state index contributed by atoms with van der Waals surface area (Å²) in [5.41, 5.74) is 2.77. The van der Waals surface area contributed by atoms with Gasteiger partial charge in [-0.05, 0) is 23.1 Å². The zero-order valence-corrected chi connectivity index (χ0v) is 11.1. The Hall–Kier alpha value is -1.04. The molecular weight excluding hydrogens is 238 g/mol. The Balaban J connectivity index is 3.15. The van der Waals surface area contributed by atoms with E-state index < -0.39 is 17.7 Å². The van der Waals surface area contributed by atoms with Gasteiger partial charge in [-0.2, -0.15) is 0 Å². The summed E-state index contributed by atoms with van der Waals surface area (Å²) in [5, 5.41) is 0. The van der Waals surface area contributed by atoms with Gasteiger partial charge in [0.15, 0.2) is 0 Å². The van der Waals surface area contributed by atoms with Crippen LogP contribution in [0, 0.1) is 17.0 Å². The van der Waals surface area contributed by atoms with E-state index >= 15 is 0 Å². The van der Waals surface area contributed by atoms with E-state index in [4.69, 9.17) is 10.6 Å². The standard InChI is InChI=1S/C13H20F2N2O/c1-13(2,3)12(18-4)11(17-16)8-5-9(14)7-10(15)6-8/h5-7,11-12,17H,16H2,1-4H3. The third-order valence-corrected chi connectivity index (χ3v) is 2.83. The molecule has 0 aromatic heterocycles. The van der Waals surface area contributed by atoms with E-state index in [1.54, 1.807) is 7.11 Å². The van der Waals surface area contributed by atoms with E-state index in [0.717, 1.165) is 6.07 Å². The van der Waals surface area contributed by atoms with Gasteiger partial charge < -0.3 is 4.74 Å². The van der Waals surface area contributed by atoms with Crippen molar-refractivity contribution in [1.82, 2.24) is 5.43 Å². The molecule has 0 aliphatic carbocycles. The molecule has 0 radical (unpaired) electrons. The van der Waals surface area contributed by atoms with E-state index in [1.165, 1.54) is 12.1 Å². The molecule has 0 saturated heterocycles. The monoisotopic (exact) mass is 258 g/mol. The van der Waals surface area contributed by atoms with Crippen molar-refractivity contribution in [3.8, 4) is 0 Å². The van der Waals surface area contributed by atoms with Crippen LogP contribution < -0.4 is 11.3 Å². The first-order valence-corrected chi connectivity index (χ1v) is 5.74. The molecule has 102 valence electrons. The molecule has 0 saturated carbocycles. The Morgan fingerprint density at radius 1 is 1.17 bits per heavy atom. The van der Waals surface area contributed by atoms with Crippen LogP contribution in [-0.4, -0.2) is 13.2 Å². The lowest BCUT2D eigenvalue weighted by molar-refractivity contribution is -0.0121. The minimum Gasteiger partial charge on any atom is -0.379 e. The van der Waals surface area contributed by atoms with Gasteiger partial charge in [0.05, 0.1) is 12.1 Å². The van der Waals surface area contributed by atoms with E-state index in [9.17, 15) is 8.78 Å². The quantitative estimate of drug-likeness (QED) is 0.644. The molecule has 18 heavy (non-hydrogen) atoms. The average Bonchev–Trinajstić information content (AvgIpc) is 2.22. The van der Waals surface area contributed by atoms with Crippen molar-refractivity contribution >= 4 is 0 Å². The number of nitrogens with two attached hydrogens (primary N) is 1. The van der Waals surface area contributed by atoms with Crippen molar-refractivity contribution in [1.29, 1.82) is 0 Å². The van der Waals surface area contributed by atoms with Crippen LogP contribution in [0.5, 0.6) is 0 Å². The summed E-state index contributed by atoms with van der Waals surface area (Å²) in [6.45, 7) is 5.92. The van der Waals surface area contributed by atoms with Crippen molar-refractivity contribution < 1.29 is 13.5 Å². The van der Waals surface area contributed by atoms with Gasteiger partial charge in [0, 0.05) is 13.2 Å². The SMILES string of the molecule is COC(C(NN)c1cc(F)cc(F)c1)C(C)(C)C. The maximum Gasteiger partial charge on any atom is 0.126 e. The predicted molar refractivity (Wildman–Crippen MR) is 66.7 cm³/mol. The molecule has 0 heterocycles. The van der Waals surface area contributed by atoms with Gasteiger partial charge in [0.1, 0.15) is 11.6 Å². The Kier molecular flexibility index (Phi) is 4.78. The van der Waals surface area contributed by atoms with Crippen LogP contribution in [0.3, 0.4) is 0 Å². The zero-order chi connectivity index (χ0) is 13.9. The second-order valence-electron chi connectivity index (χ2n) is 5.37. The van der Waals surface area contributed by atoms with Crippen molar-refractivity contribution in [3.63, 3.8) is 0 Å². The molecule has 0 aliphatic heterocycles. The minimum absolute atomic E-state index is 0.228. The molecule has 0 aliphatic rings. The normalized spacial score (nSPS) is 15.5. The summed E-state index contributed by atoms with van der Waals surface area (Å²) in [5.74, 6) is 4.24. The number of methoxy groups -OCH3 is 1. The van der Waals surface area contributed by atoms with Gasteiger partial charge in [0.25, 0.3) is 0 Å². The fourth-order valence-corrected chi connectivity index (χ4v) is 2.10. The van der Waals surface area contributed by atoms with Gasteiger partial charge in [-0.25, -0.2) is 8.78 Å². The van der Waals surface area contributed by atoms with Crippen LogP contribution in [0.1, 0.15) is 32.4 Å². The molecule has 1 rings (SSSR count). The van der Waals surface area contributed by atoms with E-state index in [0.29, 0.717) is 5.56 Å². The molecule has 2 unspecified atom stereocenters. The lowest BCUT2D eigenvalue weighted by atomic mass is 9.82. The zero-order valence-electron chi connectivity index (χ0n) is 11.1. The summed E-state index contributed by atoms with van der Waals surface area (Å²) in [6, 6.07) is 2.85. The van der Waals surface area contributed by atoms with Gasteiger partial charge >= 0.3 is 0 Å². The lowest BCUT2D eigenvalue weighted by Crippen LogP contribution is -2.44. The number of benzene rings is 1. The first-order chi connectivity index (χ1) is 8.29. The Morgan fingerprint density at radius 3 is 2.00 bits per heavy atom. The van der Waals surface area contributed by atoms with Gasteiger partial charge in [0.2, 0.25) is 0 Å². The third kappa shape index (κ3) is 3.48. The first-order valence-electron chi connectivity index (χ1n) is 5.74. The molecular formula is C13H20F2N2O. The fourth-order valence-electron chi connectivity index (χ4n) is 2.10. The van der Waals surface area contributed by atoms with Gasteiger partial charge in [-0.15, -0.1) is 0 Å². The highest BCUT2D eigenvalue weighted by molar-refractivity contribution is 5.23. The topological polar surface area (TPSA) is 47.3 Å². The van der Waals surface area contributed by atoms with Crippen molar-refractivity contribution in [2.45, 2.75) is 32.9 Å². The van der Waals surface area contributed by atoms with Crippen LogP contribution in [0.15, 0.2) is 18.2 Å². The molecule has 0 fully saturated rings. The van der Waals surface area contributed by atoms with E-state index in [2.05, 4.69) is 5.43 Å². The lowest BCUT2D eigenvalue weighted by Gasteiger charge is -2.35. The molecule has 0 spiro atoms. The van der Waals surface area contributed by atoms with Gasteiger partial charge in [-0.3, -0.25) is 11.3 Å². The number of hydrazine groups is 1. The number of hydrogen-bond acceptors (Lipinski definition) is 3. The number of nitrogens with one attached hydrogen (secondary N) is 1. The average molecular weight is 258 g/mol. The molecule has 0 bridgehead atoms. The third-order valence-electron chi connectivity index (χ3n) is 2.83. The van der Waals surface area contributed by atoms with Crippen LogP contribution in [0.25, 0.3) is 0 Å². The maximum atomic E-state index is 13.2. The van der Waals surface area contributed by atoms with E-state index in [-0.39, 0.29) is 11.5 Å². The maximum absolute atomic E-state index is 13.2. The molecule has 1 aromatic rings. The largest absolute Gasteiger partial charge is 0.379 e. The fraction of sp³-hybridized carbons (Fsp3) is 0.538. The molecule has 1 aromatic carbocycles. The summed E-state index contributed by atoms with van der Waals surface area (Å²) in [4.78, 5) is 0. The Morgan fingerprint density at radius 2 is 1.67 bits per heavy atom. The van der Waals surface area contributed by atoms with Crippen LogP contribution >= 0.6 is 0 Å². The predicted octanol–water partition coefficient (Wildman–Crippen LogP) is 2.53. The first kappa shape index (κ1) is 15.0. The summed E-state index contributed by atoms with van der Waals surface area (Å²) in [6.07, 6.45) is -0.316. The van der Waals surface area contributed by atoms with Gasteiger partial charge in [-0.1, -0.05) is 20.8 Å². The molecule has 5 heteroatoms. The molecule has 3 nitrogen and oxygen atoms in total. The Labute approximate surface area is 106 Å². The molecule has 2 atom stereocenters. The molecule has 3 N–H and O–H groups in total. The van der Waals surface area contributed by atoms with E-state index in [1.807, 2.05) is 20.8 Å². The van der Waals surface area contributed by atoms with Crippen molar-refractivity contribution in [3.05, 3.63) is 35.4 Å². The minimum atomic E-state index is -0.631. The van der Waals surface area contributed by atoms with Crippen LogP contribution in [0.4, 0.5) is 8.78 Å². The number of ether oxygens (including phenoxy) is 1. The number of hydrogen-bond donors (Lipinski definition) is 2. The summed E-state index contributed by atoms with van der Waals surface area (Å²) in [7, 11) is 1.55. The van der Waals surface area contributed by atoms with Crippen molar-refractivity contribution in [2.24, 2.45) is 11.3 Å². The highest BCUT2D eigenvalue weighted by atomic mass is 19.1. The second-order valence-corrected chi connectivity index (χ2v) is 5.37. The summed E-state index contributed by atoms with van der Waals surface area (Å²) >= 11 is 0. The highest BCUT2D eigenvalue weighted by Gasteiger charge is 2.33. The smallest absolute Gasteiger partial charge is 0.126 e. The second kappa shape index (κ2) is 5.73. The number of rotatable bonds is 4. The summed E-state index contributed by atoms with van der Waals surface area (Å²) < 4.78 is 31.9. The van der Waals surface area contributed by atoms with Crippen LogP contribution in [-0.2, 0) is 4.74 Å². The molecule has 0 amide bonds. The Bertz CT molecular complexity index is 384. The number of halogens is 2. The van der Waals surface area contributed by atoms with Crippen molar-refractivity contribution in [2.75, 3.05) is 7.11 Å².